The topological polar surface area (TPSA) is 61.4 Å². The van der Waals surface area contributed by atoms with E-state index < -0.39 is 0 Å². The summed E-state index contributed by atoms with van der Waals surface area (Å²) in [6.07, 6.45) is 0. The Morgan fingerprint density at radius 2 is 1.86 bits per heavy atom. The fourth-order valence-electron chi connectivity index (χ4n) is 2.75. The highest BCUT2D eigenvalue weighted by molar-refractivity contribution is 7.98. The Morgan fingerprint density at radius 3 is 2.64 bits per heavy atom. The molecule has 0 aliphatic carbocycles. The van der Waals surface area contributed by atoms with Crippen molar-refractivity contribution in [1.82, 2.24) is 19.4 Å². The average Bonchev–Trinajstić information content (AvgIpc) is 3.03. The van der Waals surface area contributed by atoms with Gasteiger partial charge in [-0.05, 0) is 47.5 Å². The van der Waals surface area contributed by atoms with E-state index >= 15 is 0 Å². The number of rotatable bonds is 6. The van der Waals surface area contributed by atoms with Gasteiger partial charge in [-0.25, -0.2) is 9.48 Å². The predicted molar refractivity (Wildman–Crippen MR) is 110 cm³/mol. The van der Waals surface area contributed by atoms with Gasteiger partial charge in [0.05, 0.1) is 13.7 Å². The minimum absolute atomic E-state index is 0.272. The third-order valence-electron chi connectivity index (χ3n) is 4.18. The van der Waals surface area contributed by atoms with E-state index in [-0.39, 0.29) is 5.69 Å². The van der Waals surface area contributed by atoms with Gasteiger partial charge in [-0.1, -0.05) is 47.6 Å². The molecule has 0 N–H and O–H groups in total. The summed E-state index contributed by atoms with van der Waals surface area (Å²) in [6.45, 7) is 0.354. The fraction of sp³-hybridized carbons (Fsp3) is 0.150. The fourth-order valence-corrected chi connectivity index (χ4v) is 3.69. The summed E-state index contributed by atoms with van der Waals surface area (Å²) in [4.78, 5) is 12.7. The van der Waals surface area contributed by atoms with E-state index in [0.717, 1.165) is 27.7 Å². The predicted octanol–water partition coefficient (Wildman–Crippen LogP) is 3.89. The SMILES string of the molecule is COc1cccc(Cn2nc3ccc(SCc4ccc(Cl)cc4)nn3c2=O)c1. The summed E-state index contributed by atoms with van der Waals surface area (Å²) < 4.78 is 7.98. The van der Waals surface area contributed by atoms with Gasteiger partial charge in [0.2, 0.25) is 0 Å². The van der Waals surface area contributed by atoms with Gasteiger partial charge in [0.25, 0.3) is 0 Å². The number of thioether (sulfide) groups is 1. The van der Waals surface area contributed by atoms with E-state index in [2.05, 4.69) is 10.2 Å². The minimum Gasteiger partial charge on any atom is -0.497 e. The number of methoxy groups -OCH3 is 1. The van der Waals surface area contributed by atoms with E-state index in [1.54, 1.807) is 24.9 Å². The lowest BCUT2D eigenvalue weighted by atomic mass is 10.2. The molecule has 0 amide bonds. The number of halogens is 1. The monoisotopic (exact) mass is 412 g/mol. The number of ether oxygens (including phenoxy) is 1. The van der Waals surface area contributed by atoms with Crippen LogP contribution in [0.1, 0.15) is 11.1 Å². The second-order valence-electron chi connectivity index (χ2n) is 6.15. The van der Waals surface area contributed by atoms with Crippen molar-refractivity contribution >= 4 is 29.0 Å². The van der Waals surface area contributed by atoms with Crippen LogP contribution in [0.15, 0.2) is 70.5 Å². The van der Waals surface area contributed by atoms with Crippen LogP contribution in [-0.4, -0.2) is 26.5 Å². The minimum atomic E-state index is -0.272. The van der Waals surface area contributed by atoms with Gasteiger partial charge in [-0.15, -0.1) is 5.10 Å². The Labute approximate surface area is 170 Å². The molecule has 2 aromatic heterocycles. The molecular formula is C20H17ClN4O2S. The van der Waals surface area contributed by atoms with Gasteiger partial charge in [0.15, 0.2) is 5.65 Å². The van der Waals surface area contributed by atoms with Crippen molar-refractivity contribution in [3.05, 3.63) is 87.3 Å². The zero-order valence-corrected chi connectivity index (χ0v) is 16.7. The van der Waals surface area contributed by atoms with Crippen LogP contribution in [0, 0.1) is 0 Å². The zero-order valence-electron chi connectivity index (χ0n) is 15.1. The molecule has 0 bridgehead atoms. The first kappa shape index (κ1) is 18.6. The largest absolute Gasteiger partial charge is 0.497 e. The maximum absolute atomic E-state index is 12.7. The molecular weight excluding hydrogens is 396 g/mol. The molecule has 2 aromatic carbocycles. The third kappa shape index (κ3) is 4.05. The number of fused-ring (bicyclic) bond motifs is 1. The molecule has 0 saturated heterocycles. The van der Waals surface area contributed by atoms with Crippen molar-refractivity contribution in [2.75, 3.05) is 7.11 Å². The molecule has 142 valence electrons. The Hall–Kier alpha value is -2.77. The molecule has 0 aliphatic rings. The Bertz CT molecular complexity index is 1170. The molecule has 0 saturated carbocycles. The van der Waals surface area contributed by atoms with Crippen LogP contribution < -0.4 is 10.4 Å². The summed E-state index contributed by atoms with van der Waals surface area (Å²) >= 11 is 7.47. The highest BCUT2D eigenvalue weighted by atomic mass is 35.5. The van der Waals surface area contributed by atoms with E-state index in [4.69, 9.17) is 16.3 Å². The van der Waals surface area contributed by atoms with Gasteiger partial charge in [0.1, 0.15) is 10.8 Å². The summed E-state index contributed by atoms with van der Waals surface area (Å²) in [5, 5.41) is 10.3. The van der Waals surface area contributed by atoms with Crippen LogP contribution in [0.3, 0.4) is 0 Å². The van der Waals surface area contributed by atoms with Gasteiger partial charge in [-0.2, -0.15) is 9.61 Å². The first-order valence-electron chi connectivity index (χ1n) is 8.59. The standard InChI is InChI=1S/C20H17ClN4O2S/c1-27-17-4-2-3-15(11-17)12-24-20(26)25-18(22-24)9-10-19(23-25)28-13-14-5-7-16(21)8-6-14/h2-11H,12-13H2,1H3. The Morgan fingerprint density at radius 1 is 1.04 bits per heavy atom. The van der Waals surface area contributed by atoms with Crippen LogP contribution >= 0.6 is 23.4 Å². The molecule has 0 fully saturated rings. The van der Waals surface area contributed by atoms with Crippen molar-refractivity contribution in [3.8, 4) is 5.75 Å². The molecule has 2 heterocycles. The van der Waals surface area contributed by atoms with E-state index in [1.807, 2.05) is 54.6 Å². The lowest BCUT2D eigenvalue weighted by Gasteiger charge is -2.03. The van der Waals surface area contributed by atoms with Gasteiger partial charge in [0, 0.05) is 10.8 Å². The number of benzene rings is 2. The normalized spacial score (nSPS) is 11.1. The van der Waals surface area contributed by atoms with E-state index in [9.17, 15) is 4.79 Å². The maximum atomic E-state index is 12.7. The molecule has 0 unspecified atom stereocenters. The number of hydrogen-bond donors (Lipinski definition) is 0. The Balaban J connectivity index is 1.55. The Kier molecular flexibility index (Phi) is 5.36. The quantitative estimate of drug-likeness (QED) is 0.449. The first-order chi connectivity index (χ1) is 13.6. The van der Waals surface area contributed by atoms with E-state index in [0.29, 0.717) is 17.2 Å². The molecule has 6 nitrogen and oxygen atoms in total. The van der Waals surface area contributed by atoms with E-state index in [1.165, 1.54) is 9.20 Å². The second-order valence-corrected chi connectivity index (χ2v) is 7.58. The van der Waals surface area contributed by atoms with Gasteiger partial charge < -0.3 is 4.74 Å². The number of nitrogens with zero attached hydrogens (tertiary/aromatic N) is 4. The smallest absolute Gasteiger partial charge is 0.367 e. The highest BCUT2D eigenvalue weighted by Gasteiger charge is 2.10. The molecule has 4 aromatic rings. The number of aromatic nitrogens is 4. The summed E-state index contributed by atoms with van der Waals surface area (Å²) in [5.74, 6) is 1.48. The summed E-state index contributed by atoms with van der Waals surface area (Å²) in [7, 11) is 1.61. The molecule has 0 atom stereocenters. The van der Waals surface area contributed by atoms with Crippen LogP contribution in [-0.2, 0) is 12.3 Å². The highest BCUT2D eigenvalue weighted by Crippen LogP contribution is 2.21. The first-order valence-corrected chi connectivity index (χ1v) is 9.96. The molecule has 0 spiro atoms. The van der Waals surface area contributed by atoms with Crippen LogP contribution in [0.4, 0.5) is 0 Å². The van der Waals surface area contributed by atoms with Crippen LogP contribution in [0.2, 0.25) is 5.02 Å². The van der Waals surface area contributed by atoms with Crippen LogP contribution in [0.5, 0.6) is 5.75 Å². The second kappa shape index (κ2) is 8.08. The van der Waals surface area contributed by atoms with Crippen molar-refractivity contribution in [2.24, 2.45) is 0 Å². The van der Waals surface area contributed by atoms with Crippen molar-refractivity contribution in [2.45, 2.75) is 17.3 Å². The summed E-state index contributed by atoms with van der Waals surface area (Å²) in [6, 6.07) is 18.9. The van der Waals surface area contributed by atoms with Crippen molar-refractivity contribution < 1.29 is 4.74 Å². The summed E-state index contributed by atoms with van der Waals surface area (Å²) in [5.41, 5.74) is 2.31. The maximum Gasteiger partial charge on any atom is 0.367 e. The zero-order chi connectivity index (χ0) is 19.5. The van der Waals surface area contributed by atoms with Crippen molar-refractivity contribution in [3.63, 3.8) is 0 Å². The molecule has 4 rings (SSSR count). The molecule has 0 aliphatic heterocycles. The van der Waals surface area contributed by atoms with Crippen LogP contribution in [0.25, 0.3) is 5.65 Å². The van der Waals surface area contributed by atoms with Gasteiger partial charge in [-0.3, -0.25) is 0 Å². The number of hydrogen-bond acceptors (Lipinski definition) is 5. The molecule has 0 radical (unpaired) electrons. The van der Waals surface area contributed by atoms with Gasteiger partial charge >= 0.3 is 5.69 Å². The lowest BCUT2D eigenvalue weighted by Crippen LogP contribution is -2.23. The molecule has 8 heteroatoms. The molecule has 28 heavy (non-hydrogen) atoms. The van der Waals surface area contributed by atoms with Crippen molar-refractivity contribution in [1.29, 1.82) is 0 Å². The lowest BCUT2D eigenvalue weighted by molar-refractivity contribution is 0.414. The third-order valence-corrected chi connectivity index (χ3v) is 5.43. The average molecular weight is 413 g/mol.